The summed E-state index contributed by atoms with van der Waals surface area (Å²) in [5, 5.41) is 2.81. The molecule has 0 aliphatic rings. The van der Waals surface area contributed by atoms with Crippen LogP contribution in [0.1, 0.15) is 96.4 Å². The fourth-order valence-corrected chi connectivity index (χ4v) is 3.12. The molecule has 0 fully saturated rings. The largest absolute Gasteiger partial charge is 0.463 e. The molecule has 40 heavy (non-hydrogen) atoms. The molecule has 0 spiro atoms. The molecule has 7 nitrogen and oxygen atoms in total. The van der Waals surface area contributed by atoms with E-state index in [9.17, 15) is 4.79 Å². The molecule has 0 atom stereocenters. The third-order valence-electron chi connectivity index (χ3n) is 4.67. The summed E-state index contributed by atoms with van der Waals surface area (Å²) in [6.45, 7) is 21.5. The van der Waals surface area contributed by atoms with E-state index in [0.29, 0.717) is 13.0 Å². The van der Waals surface area contributed by atoms with Crippen LogP contribution in [-0.2, 0) is 6.42 Å². The lowest BCUT2D eigenvalue weighted by Crippen LogP contribution is -2.19. The topological polar surface area (TPSA) is 80.2 Å². The van der Waals surface area contributed by atoms with E-state index in [1.165, 1.54) is 38.5 Å². The number of anilines is 1. The van der Waals surface area contributed by atoms with Gasteiger partial charge in [-0.05, 0) is 75.8 Å². The minimum absolute atomic E-state index is 0.174. The fraction of sp³-hybridized carbons (Fsp3) is 0.515. The molecule has 0 unspecified atom stereocenters. The van der Waals surface area contributed by atoms with Crippen LogP contribution >= 0.6 is 0 Å². The number of pyridine rings is 1. The molecule has 1 N–H and O–H groups in total. The fourth-order valence-electron chi connectivity index (χ4n) is 3.12. The van der Waals surface area contributed by atoms with Crippen LogP contribution in [0.3, 0.4) is 0 Å². The second kappa shape index (κ2) is 27.3. The lowest BCUT2D eigenvalue weighted by Gasteiger charge is -2.12. The number of hydrogen-bond acceptors (Lipinski definition) is 6. The van der Waals surface area contributed by atoms with Gasteiger partial charge in [0, 0.05) is 30.2 Å². The molecule has 0 aliphatic carbocycles. The molecule has 0 bridgehead atoms. The third-order valence-corrected chi connectivity index (χ3v) is 4.67. The number of carbonyl (C=O) groups is 1. The van der Waals surface area contributed by atoms with E-state index < -0.39 is 0 Å². The molecule has 0 saturated carbocycles. The van der Waals surface area contributed by atoms with Crippen LogP contribution < -0.4 is 10.1 Å². The van der Waals surface area contributed by atoms with E-state index in [-0.39, 0.29) is 17.6 Å². The molecular formula is C33H55N5O2. The van der Waals surface area contributed by atoms with E-state index in [4.69, 9.17) is 4.74 Å². The van der Waals surface area contributed by atoms with Gasteiger partial charge in [-0.1, -0.05) is 80.0 Å². The van der Waals surface area contributed by atoms with Crippen molar-refractivity contribution in [2.75, 3.05) is 32.1 Å². The van der Waals surface area contributed by atoms with Crippen molar-refractivity contribution in [1.82, 2.24) is 19.9 Å². The second-order valence-electron chi connectivity index (χ2n) is 8.48. The average Bonchev–Trinajstić information content (AvgIpc) is 2.97. The number of benzene rings is 1. The number of aryl methyl sites for hydroxylation is 1. The van der Waals surface area contributed by atoms with Crippen molar-refractivity contribution in [2.24, 2.45) is 0 Å². The van der Waals surface area contributed by atoms with Gasteiger partial charge in [0.25, 0.3) is 5.91 Å². The van der Waals surface area contributed by atoms with Crippen LogP contribution in [-0.4, -0.2) is 52.5 Å². The highest BCUT2D eigenvalue weighted by Crippen LogP contribution is 2.12. The summed E-state index contributed by atoms with van der Waals surface area (Å²) in [6.07, 6.45) is 7.69. The maximum Gasteiger partial charge on any atom is 0.317 e. The Morgan fingerprint density at radius 1 is 0.875 bits per heavy atom. The molecule has 2 heterocycles. The number of rotatable bonds is 10. The summed E-state index contributed by atoms with van der Waals surface area (Å²) in [5.74, 6) is -0.303. The Balaban J connectivity index is 0. The van der Waals surface area contributed by atoms with Crippen molar-refractivity contribution in [3.63, 3.8) is 0 Å². The van der Waals surface area contributed by atoms with Gasteiger partial charge < -0.3 is 15.0 Å². The monoisotopic (exact) mass is 553 g/mol. The van der Waals surface area contributed by atoms with E-state index in [0.717, 1.165) is 16.9 Å². The number of hydrogen-bond donors (Lipinski definition) is 1. The van der Waals surface area contributed by atoms with Gasteiger partial charge in [0.15, 0.2) is 0 Å². The number of ether oxygens (including phenoxy) is 1. The molecule has 1 aromatic carbocycles. The number of amides is 1. The van der Waals surface area contributed by atoms with Gasteiger partial charge in [0.2, 0.25) is 0 Å². The zero-order chi connectivity index (χ0) is 30.6. The van der Waals surface area contributed by atoms with Crippen molar-refractivity contribution in [3.05, 3.63) is 77.9 Å². The lowest BCUT2D eigenvalue weighted by atomic mass is 10.2. The van der Waals surface area contributed by atoms with Crippen molar-refractivity contribution in [1.29, 1.82) is 0 Å². The first-order chi connectivity index (χ1) is 19.4. The molecule has 3 aromatic rings. The van der Waals surface area contributed by atoms with E-state index in [1.54, 1.807) is 12.3 Å². The van der Waals surface area contributed by atoms with Gasteiger partial charge in [-0.2, -0.15) is 4.98 Å². The van der Waals surface area contributed by atoms with Gasteiger partial charge >= 0.3 is 6.01 Å². The Labute approximate surface area is 244 Å². The van der Waals surface area contributed by atoms with Gasteiger partial charge in [0.1, 0.15) is 5.69 Å². The molecule has 0 aliphatic heterocycles. The summed E-state index contributed by atoms with van der Waals surface area (Å²) < 4.78 is 5.53. The maximum atomic E-state index is 12.3. The maximum absolute atomic E-state index is 12.3. The molecular weight excluding hydrogens is 498 g/mol. The van der Waals surface area contributed by atoms with Crippen LogP contribution in [0.2, 0.25) is 0 Å². The minimum atomic E-state index is -0.303. The lowest BCUT2D eigenvalue weighted by molar-refractivity contribution is 0.102. The van der Waals surface area contributed by atoms with Crippen molar-refractivity contribution < 1.29 is 9.53 Å². The second-order valence-corrected chi connectivity index (χ2v) is 8.48. The molecule has 0 radical (unpaired) electrons. The quantitative estimate of drug-likeness (QED) is 0.272. The Kier molecular flexibility index (Phi) is 26.5. The minimum Gasteiger partial charge on any atom is -0.463 e. The van der Waals surface area contributed by atoms with Gasteiger partial charge in [0.05, 0.1) is 6.61 Å². The van der Waals surface area contributed by atoms with Crippen LogP contribution in [0.5, 0.6) is 6.01 Å². The van der Waals surface area contributed by atoms with E-state index >= 15 is 0 Å². The molecule has 224 valence electrons. The van der Waals surface area contributed by atoms with Gasteiger partial charge in [-0.3, -0.25) is 9.78 Å². The zero-order valence-electron chi connectivity index (χ0n) is 26.8. The predicted molar refractivity (Wildman–Crippen MR) is 171 cm³/mol. The Morgan fingerprint density at radius 2 is 1.52 bits per heavy atom. The Bertz CT molecular complexity index is 977. The smallest absolute Gasteiger partial charge is 0.317 e. The highest BCUT2D eigenvalue weighted by atomic mass is 16.5. The van der Waals surface area contributed by atoms with E-state index in [1.807, 2.05) is 77.1 Å². The molecule has 1 amide bonds. The molecule has 0 saturated heterocycles. The Hall–Kier alpha value is -3.32. The number of nitrogens with zero attached hydrogens (tertiary/aromatic N) is 4. The standard InChI is InChI=1S/C19H18N4O2.C7H17N.C3H8.2C2H6/c1-14-5-4-7-16(13-14)22-18(24)17-8-11-21-19(23-17)25-12-9-15-6-2-3-10-20-15;1-4-6-8(3)7-5-2;1-3-2;2*1-2/h2-8,10-11,13H,9,12H2,1H3,(H,22,24);4-7H2,1-3H3;3H2,1-2H3;2*1-2H3. The SMILES string of the molecule is CC.CC.CCC.CCCN(C)CCC.Cc1cccc(NC(=O)c2ccnc(OCCc3ccccn3)n2)c1. The summed E-state index contributed by atoms with van der Waals surface area (Å²) in [7, 11) is 2.17. The van der Waals surface area contributed by atoms with Crippen LogP contribution in [0.4, 0.5) is 5.69 Å². The normalized spacial score (nSPS) is 9.28. The van der Waals surface area contributed by atoms with Crippen LogP contribution in [0.15, 0.2) is 60.9 Å². The predicted octanol–water partition coefficient (Wildman–Crippen LogP) is 8.26. The third kappa shape index (κ3) is 19.7. The first-order valence-electron chi connectivity index (χ1n) is 14.9. The summed E-state index contributed by atoms with van der Waals surface area (Å²) in [5.41, 5.74) is 2.97. The highest BCUT2D eigenvalue weighted by molar-refractivity contribution is 6.02. The van der Waals surface area contributed by atoms with Crippen molar-refractivity contribution >= 4 is 11.6 Å². The number of nitrogens with one attached hydrogen (secondary N) is 1. The first kappa shape index (κ1) is 38.8. The van der Waals surface area contributed by atoms with Crippen LogP contribution in [0.25, 0.3) is 0 Å². The Morgan fingerprint density at radius 3 is 2.08 bits per heavy atom. The van der Waals surface area contributed by atoms with Crippen molar-refractivity contribution in [3.8, 4) is 6.01 Å². The summed E-state index contributed by atoms with van der Waals surface area (Å²) in [4.78, 5) is 27.1. The molecule has 2 aromatic heterocycles. The van der Waals surface area contributed by atoms with Crippen LogP contribution in [0, 0.1) is 6.92 Å². The van der Waals surface area contributed by atoms with Crippen molar-refractivity contribution in [2.45, 2.75) is 88.0 Å². The van der Waals surface area contributed by atoms with E-state index in [2.05, 4.69) is 59.9 Å². The van der Waals surface area contributed by atoms with Gasteiger partial charge in [-0.25, -0.2) is 4.98 Å². The number of carbonyl (C=O) groups excluding carboxylic acids is 1. The highest BCUT2D eigenvalue weighted by Gasteiger charge is 2.10. The summed E-state index contributed by atoms with van der Waals surface area (Å²) in [6, 6.07) is 15.0. The van der Waals surface area contributed by atoms with Gasteiger partial charge in [-0.15, -0.1) is 0 Å². The molecule has 3 rings (SSSR count). The first-order valence-corrected chi connectivity index (χ1v) is 14.9. The molecule has 7 heteroatoms. The summed E-state index contributed by atoms with van der Waals surface area (Å²) >= 11 is 0. The number of aromatic nitrogens is 3. The average molecular weight is 554 g/mol. The zero-order valence-corrected chi connectivity index (χ0v) is 26.8.